The zero-order valence-electron chi connectivity index (χ0n) is 7.36. The van der Waals surface area contributed by atoms with E-state index in [0.717, 1.165) is 4.57 Å². The maximum Gasteiger partial charge on any atom is 0.422 e. The molecule has 1 aromatic rings. The third-order valence-electron chi connectivity index (χ3n) is 2.06. The molecule has 1 unspecified atom stereocenters. The van der Waals surface area contributed by atoms with Crippen LogP contribution in [-0.4, -0.2) is 9.82 Å². The molecule has 0 N–H and O–H groups in total. The Balaban J connectivity index is 2.74. The monoisotopic (exact) mass is 199 g/mol. The van der Waals surface area contributed by atoms with E-state index in [4.69, 9.17) is 4.42 Å². The van der Waals surface area contributed by atoms with Gasteiger partial charge < -0.3 is 4.42 Å². The van der Waals surface area contributed by atoms with Crippen molar-refractivity contribution in [1.82, 2.24) is 4.57 Å². The summed E-state index contributed by atoms with van der Waals surface area (Å²) in [5.74, 6) is -0.578. The molecule has 0 amide bonds. The summed E-state index contributed by atoms with van der Waals surface area (Å²) < 4.78 is 5.98. The summed E-state index contributed by atoms with van der Waals surface area (Å²) in [6, 6.07) is 0. The second kappa shape index (κ2) is 2.77. The lowest BCUT2D eigenvalue weighted by Gasteiger charge is -1.97. The molecule has 0 bridgehead atoms. The Morgan fingerprint density at radius 2 is 2.23 bits per heavy atom. The minimum absolute atomic E-state index is 0.219. The molecule has 1 aromatic heterocycles. The first kappa shape index (κ1) is 8.62. The average molecular weight is 199 g/mol. The number of hydrogen-bond donors (Lipinski definition) is 0. The van der Waals surface area contributed by atoms with Crippen LogP contribution in [0.5, 0.6) is 0 Å². The number of thioether (sulfide) groups is 1. The standard InChI is InChI=1S/C8H9NO3S/c1-4-3-5-6(10)9(2)8(11)12-7(5)13-4/h4H,3H2,1-2H3. The van der Waals surface area contributed by atoms with Crippen molar-refractivity contribution in [1.29, 1.82) is 0 Å². The molecule has 1 aliphatic heterocycles. The molecule has 1 aliphatic rings. The van der Waals surface area contributed by atoms with E-state index in [-0.39, 0.29) is 5.56 Å². The van der Waals surface area contributed by atoms with Gasteiger partial charge in [-0.2, -0.15) is 0 Å². The van der Waals surface area contributed by atoms with Crippen molar-refractivity contribution in [2.75, 3.05) is 0 Å². The molecule has 0 radical (unpaired) electrons. The van der Waals surface area contributed by atoms with Gasteiger partial charge in [-0.05, 0) is 6.42 Å². The average Bonchev–Trinajstić information content (AvgIpc) is 2.42. The fourth-order valence-corrected chi connectivity index (χ4v) is 2.41. The third-order valence-corrected chi connectivity index (χ3v) is 3.18. The number of nitrogens with zero attached hydrogens (tertiary/aromatic N) is 1. The molecule has 0 spiro atoms. The molecular weight excluding hydrogens is 190 g/mol. The van der Waals surface area contributed by atoms with Crippen LogP contribution in [0.1, 0.15) is 12.5 Å². The van der Waals surface area contributed by atoms with Gasteiger partial charge in [0.05, 0.1) is 5.56 Å². The molecule has 0 saturated heterocycles. The first-order valence-electron chi connectivity index (χ1n) is 3.99. The molecule has 5 heteroatoms. The molecular formula is C8H9NO3S. The zero-order chi connectivity index (χ0) is 9.59. The number of fused-ring (bicyclic) bond motifs is 1. The van der Waals surface area contributed by atoms with Crippen molar-refractivity contribution >= 4 is 11.8 Å². The van der Waals surface area contributed by atoms with Crippen LogP contribution in [0, 0.1) is 0 Å². The summed E-state index contributed by atoms with van der Waals surface area (Å²) in [5.41, 5.74) is 0.419. The Morgan fingerprint density at radius 1 is 1.54 bits per heavy atom. The van der Waals surface area contributed by atoms with Crippen LogP contribution in [0.3, 0.4) is 0 Å². The van der Waals surface area contributed by atoms with Gasteiger partial charge in [0.15, 0.2) is 5.09 Å². The molecule has 0 aliphatic carbocycles. The number of rotatable bonds is 0. The van der Waals surface area contributed by atoms with Crippen LogP contribution in [0.2, 0.25) is 0 Å². The van der Waals surface area contributed by atoms with E-state index < -0.39 is 5.76 Å². The lowest BCUT2D eigenvalue weighted by Crippen LogP contribution is -2.32. The summed E-state index contributed by atoms with van der Waals surface area (Å²) in [4.78, 5) is 22.6. The molecule has 70 valence electrons. The van der Waals surface area contributed by atoms with Crippen LogP contribution < -0.4 is 11.3 Å². The first-order valence-corrected chi connectivity index (χ1v) is 4.87. The smallest absolute Gasteiger partial charge is 0.402 e. The summed E-state index contributed by atoms with van der Waals surface area (Å²) in [6.07, 6.45) is 0.691. The van der Waals surface area contributed by atoms with Gasteiger partial charge in [0.1, 0.15) is 0 Å². The van der Waals surface area contributed by atoms with Crippen molar-refractivity contribution in [2.45, 2.75) is 23.7 Å². The van der Waals surface area contributed by atoms with Crippen molar-refractivity contribution < 1.29 is 4.42 Å². The minimum atomic E-state index is -0.578. The predicted molar refractivity (Wildman–Crippen MR) is 49.2 cm³/mol. The quantitative estimate of drug-likeness (QED) is 0.606. The highest BCUT2D eigenvalue weighted by molar-refractivity contribution is 8.00. The van der Waals surface area contributed by atoms with E-state index in [1.165, 1.54) is 18.8 Å². The lowest BCUT2D eigenvalue weighted by atomic mass is 10.2. The molecule has 4 nitrogen and oxygen atoms in total. The highest BCUT2D eigenvalue weighted by atomic mass is 32.2. The topological polar surface area (TPSA) is 52.2 Å². The molecule has 2 heterocycles. The molecule has 1 atom stereocenters. The maximum atomic E-state index is 11.5. The second-order valence-electron chi connectivity index (χ2n) is 3.13. The van der Waals surface area contributed by atoms with Gasteiger partial charge in [0.2, 0.25) is 0 Å². The van der Waals surface area contributed by atoms with Crippen molar-refractivity contribution in [3.8, 4) is 0 Å². The fraction of sp³-hybridized carbons (Fsp3) is 0.500. The van der Waals surface area contributed by atoms with Crippen LogP contribution >= 0.6 is 11.8 Å². The minimum Gasteiger partial charge on any atom is -0.402 e. The Bertz CT molecular complexity index is 459. The second-order valence-corrected chi connectivity index (χ2v) is 4.54. The van der Waals surface area contributed by atoms with Crippen LogP contribution in [0.4, 0.5) is 0 Å². The van der Waals surface area contributed by atoms with Gasteiger partial charge in [-0.1, -0.05) is 18.7 Å². The maximum absolute atomic E-state index is 11.5. The normalized spacial score (nSPS) is 20.3. The molecule has 0 fully saturated rings. The molecule has 0 saturated carbocycles. The Labute approximate surface area is 78.6 Å². The number of aromatic nitrogens is 1. The van der Waals surface area contributed by atoms with E-state index in [1.807, 2.05) is 6.92 Å². The van der Waals surface area contributed by atoms with Gasteiger partial charge in [-0.3, -0.25) is 4.79 Å². The zero-order valence-corrected chi connectivity index (χ0v) is 8.18. The van der Waals surface area contributed by atoms with Gasteiger partial charge in [-0.15, -0.1) is 0 Å². The summed E-state index contributed by atoms with van der Waals surface area (Å²) in [5, 5.41) is 0.828. The van der Waals surface area contributed by atoms with E-state index in [9.17, 15) is 9.59 Å². The fourth-order valence-electron chi connectivity index (χ4n) is 1.36. The Hall–Kier alpha value is -0.970. The van der Waals surface area contributed by atoms with E-state index in [1.54, 1.807) is 0 Å². The summed E-state index contributed by atoms with van der Waals surface area (Å²) in [6.45, 7) is 2.00. The van der Waals surface area contributed by atoms with E-state index >= 15 is 0 Å². The van der Waals surface area contributed by atoms with Gasteiger partial charge >= 0.3 is 5.76 Å². The summed E-state index contributed by atoms with van der Waals surface area (Å²) >= 11 is 1.45. The van der Waals surface area contributed by atoms with Gasteiger partial charge in [0, 0.05) is 12.3 Å². The van der Waals surface area contributed by atoms with Crippen LogP contribution in [0.25, 0.3) is 0 Å². The lowest BCUT2D eigenvalue weighted by molar-refractivity contribution is 0.364. The third kappa shape index (κ3) is 1.23. The molecule has 2 rings (SSSR count). The predicted octanol–water partition coefficient (Wildman–Crippen LogP) is 0.375. The van der Waals surface area contributed by atoms with E-state index in [2.05, 4.69) is 0 Å². The highest BCUT2D eigenvalue weighted by Crippen LogP contribution is 2.33. The highest BCUT2D eigenvalue weighted by Gasteiger charge is 2.25. The molecule has 0 aromatic carbocycles. The Kier molecular flexibility index (Phi) is 1.83. The number of hydrogen-bond acceptors (Lipinski definition) is 4. The van der Waals surface area contributed by atoms with Crippen molar-refractivity contribution in [3.05, 3.63) is 26.5 Å². The van der Waals surface area contributed by atoms with Crippen LogP contribution in [-0.2, 0) is 13.5 Å². The first-order chi connectivity index (χ1) is 6.09. The Morgan fingerprint density at radius 3 is 2.92 bits per heavy atom. The van der Waals surface area contributed by atoms with Gasteiger partial charge in [-0.25, -0.2) is 9.36 Å². The van der Waals surface area contributed by atoms with Crippen LogP contribution in [0.15, 0.2) is 19.1 Å². The largest absolute Gasteiger partial charge is 0.422 e. The summed E-state index contributed by atoms with van der Waals surface area (Å²) in [7, 11) is 1.43. The SMILES string of the molecule is CC1Cc2c(oc(=O)n(C)c2=O)S1. The van der Waals surface area contributed by atoms with Crippen molar-refractivity contribution in [2.24, 2.45) is 7.05 Å². The molecule has 13 heavy (non-hydrogen) atoms. The van der Waals surface area contributed by atoms with Crippen molar-refractivity contribution in [3.63, 3.8) is 0 Å². The van der Waals surface area contributed by atoms with E-state index in [0.29, 0.717) is 22.3 Å². The van der Waals surface area contributed by atoms with Gasteiger partial charge in [0.25, 0.3) is 5.56 Å².